The molecule has 0 amide bonds. The molecule has 0 aromatic carbocycles. The predicted molar refractivity (Wildman–Crippen MR) is 113 cm³/mol. The van der Waals surface area contributed by atoms with E-state index in [0.717, 1.165) is 45.2 Å². The molecule has 24 heavy (non-hydrogen) atoms. The van der Waals surface area contributed by atoms with Gasteiger partial charge in [0, 0.05) is 32.8 Å². The molecule has 0 spiro atoms. The Morgan fingerprint density at radius 2 is 1.83 bits per heavy atom. The molecule has 1 aliphatic heterocycles. The average Bonchev–Trinajstić information content (AvgIpc) is 3.09. The zero-order valence-electron chi connectivity index (χ0n) is 15.4. The molecule has 2 N–H and O–H groups in total. The van der Waals surface area contributed by atoms with Crippen molar-refractivity contribution < 1.29 is 4.74 Å². The van der Waals surface area contributed by atoms with Gasteiger partial charge in [-0.3, -0.25) is 4.99 Å². The number of hydrogen-bond acceptors (Lipinski definition) is 3. The molecule has 2 fully saturated rings. The van der Waals surface area contributed by atoms with Gasteiger partial charge in [-0.25, -0.2) is 0 Å². The third kappa shape index (κ3) is 9.42. The van der Waals surface area contributed by atoms with E-state index >= 15 is 0 Å². The molecule has 1 saturated carbocycles. The van der Waals surface area contributed by atoms with Gasteiger partial charge in [-0.2, -0.15) is 0 Å². The Balaban J connectivity index is 0.00000288. The van der Waals surface area contributed by atoms with E-state index in [1.165, 1.54) is 58.0 Å². The number of piperidine rings is 1. The number of aliphatic imine (C=N–C) groups is 1. The lowest BCUT2D eigenvalue weighted by Crippen LogP contribution is -2.42. The van der Waals surface area contributed by atoms with Gasteiger partial charge >= 0.3 is 0 Å². The van der Waals surface area contributed by atoms with E-state index < -0.39 is 0 Å². The SMILES string of the molecule is CCNC(=NCCCOC1CCCC1)NCCN1CCCCC1.I. The molecule has 0 radical (unpaired) electrons. The highest BCUT2D eigenvalue weighted by atomic mass is 127. The van der Waals surface area contributed by atoms with E-state index in [1.807, 2.05) is 0 Å². The van der Waals surface area contributed by atoms with Crippen molar-refractivity contribution in [2.24, 2.45) is 4.99 Å². The van der Waals surface area contributed by atoms with Crippen LogP contribution in [0.1, 0.15) is 58.3 Å². The standard InChI is InChI=1S/C18H36N4O.HI/c1-2-19-18(21-12-15-22-13-6-3-7-14-22)20-11-8-16-23-17-9-4-5-10-17;/h17H,2-16H2,1H3,(H2,19,20,21);1H. The Morgan fingerprint density at radius 1 is 1.08 bits per heavy atom. The summed E-state index contributed by atoms with van der Waals surface area (Å²) in [6, 6.07) is 0. The zero-order valence-corrected chi connectivity index (χ0v) is 17.7. The second kappa shape index (κ2) is 14.1. The van der Waals surface area contributed by atoms with Gasteiger partial charge in [0.1, 0.15) is 0 Å². The molecule has 6 heteroatoms. The molecule has 0 unspecified atom stereocenters. The topological polar surface area (TPSA) is 48.9 Å². The minimum Gasteiger partial charge on any atom is -0.378 e. The monoisotopic (exact) mass is 452 g/mol. The Kier molecular flexibility index (Phi) is 12.9. The van der Waals surface area contributed by atoms with Crippen LogP contribution in [0.25, 0.3) is 0 Å². The summed E-state index contributed by atoms with van der Waals surface area (Å²) in [4.78, 5) is 7.21. The van der Waals surface area contributed by atoms with Crippen molar-refractivity contribution in [2.45, 2.75) is 64.4 Å². The lowest BCUT2D eigenvalue weighted by molar-refractivity contribution is 0.0579. The number of nitrogens with one attached hydrogen (secondary N) is 2. The third-order valence-electron chi connectivity index (χ3n) is 4.74. The summed E-state index contributed by atoms with van der Waals surface area (Å²) in [6.45, 7) is 9.33. The van der Waals surface area contributed by atoms with Gasteiger partial charge in [-0.1, -0.05) is 19.3 Å². The van der Waals surface area contributed by atoms with Crippen molar-refractivity contribution in [3.63, 3.8) is 0 Å². The summed E-state index contributed by atoms with van der Waals surface area (Å²) in [6.07, 6.45) is 10.8. The predicted octanol–water partition coefficient (Wildman–Crippen LogP) is 2.99. The van der Waals surface area contributed by atoms with Crippen molar-refractivity contribution in [1.29, 1.82) is 0 Å². The first-order valence-corrected chi connectivity index (χ1v) is 9.74. The first kappa shape index (κ1) is 22.0. The van der Waals surface area contributed by atoms with Crippen molar-refractivity contribution in [3.05, 3.63) is 0 Å². The van der Waals surface area contributed by atoms with E-state index in [4.69, 9.17) is 4.74 Å². The second-order valence-electron chi connectivity index (χ2n) is 6.72. The fourth-order valence-electron chi connectivity index (χ4n) is 3.42. The molecule has 0 atom stereocenters. The number of rotatable bonds is 9. The van der Waals surface area contributed by atoms with E-state index in [1.54, 1.807) is 0 Å². The van der Waals surface area contributed by atoms with Crippen LogP contribution in [-0.4, -0.2) is 62.8 Å². The number of ether oxygens (including phenoxy) is 1. The molecular weight excluding hydrogens is 415 g/mol. The Labute approximate surface area is 165 Å². The first-order valence-electron chi connectivity index (χ1n) is 9.74. The average molecular weight is 452 g/mol. The first-order chi connectivity index (χ1) is 11.4. The number of nitrogens with zero attached hydrogens (tertiary/aromatic N) is 2. The number of likely N-dealkylation sites (tertiary alicyclic amines) is 1. The van der Waals surface area contributed by atoms with Crippen LogP contribution in [0.2, 0.25) is 0 Å². The maximum Gasteiger partial charge on any atom is 0.191 e. The van der Waals surface area contributed by atoms with Crippen LogP contribution in [0.5, 0.6) is 0 Å². The molecule has 1 aliphatic carbocycles. The van der Waals surface area contributed by atoms with Crippen molar-refractivity contribution in [2.75, 3.05) is 45.9 Å². The Bertz CT molecular complexity index is 329. The van der Waals surface area contributed by atoms with Gasteiger partial charge in [0.15, 0.2) is 5.96 Å². The highest BCUT2D eigenvalue weighted by Gasteiger charge is 2.14. The summed E-state index contributed by atoms with van der Waals surface area (Å²) >= 11 is 0. The number of halogens is 1. The zero-order chi connectivity index (χ0) is 16.2. The van der Waals surface area contributed by atoms with Gasteiger partial charge in [0.2, 0.25) is 0 Å². The quantitative estimate of drug-likeness (QED) is 0.245. The molecule has 142 valence electrons. The lowest BCUT2D eigenvalue weighted by Gasteiger charge is -2.26. The number of hydrogen-bond donors (Lipinski definition) is 2. The summed E-state index contributed by atoms with van der Waals surface area (Å²) < 4.78 is 5.89. The van der Waals surface area contributed by atoms with Gasteiger partial charge in [0.25, 0.3) is 0 Å². The minimum absolute atomic E-state index is 0. The number of guanidine groups is 1. The van der Waals surface area contributed by atoms with Crippen molar-refractivity contribution in [1.82, 2.24) is 15.5 Å². The molecule has 2 aliphatic rings. The van der Waals surface area contributed by atoms with E-state index in [2.05, 4.69) is 27.4 Å². The molecule has 1 saturated heterocycles. The molecule has 0 aromatic rings. The Morgan fingerprint density at radius 3 is 2.54 bits per heavy atom. The van der Waals surface area contributed by atoms with Gasteiger partial charge in [-0.15, -0.1) is 24.0 Å². The van der Waals surface area contributed by atoms with Crippen LogP contribution in [0.4, 0.5) is 0 Å². The fraction of sp³-hybridized carbons (Fsp3) is 0.944. The van der Waals surface area contributed by atoms with Crippen LogP contribution in [0.15, 0.2) is 4.99 Å². The summed E-state index contributed by atoms with van der Waals surface area (Å²) in [5, 5.41) is 6.79. The van der Waals surface area contributed by atoms with Crippen molar-refractivity contribution in [3.8, 4) is 0 Å². The summed E-state index contributed by atoms with van der Waals surface area (Å²) in [5.41, 5.74) is 0. The molecule has 1 heterocycles. The Hall–Kier alpha value is -0.0800. The van der Waals surface area contributed by atoms with Crippen LogP contribution < -0.4 is 10.6 Å². The smallest absolute Gasteiger partial charge is 0.191 e. The van der Waals surface area contributed by atoms with Crippen molar-refractivity contribution >= 4 is 29.9 Å². The molecular formula is C18H37IN4O. The minimum atomic E-state index is 0. The highest BCUT2D eigenvalue weighted by molar-refractivity contribution is 14.0. The van der Waals surface area contributed by atoms with Gasteiger partial charge < -0.3 is 20.3 Å². The maximum absolute atomic E-state index is 5.89. The molecule has 2 rings (SSSR count). The van der Waals surface area contributed by atoms with E-state index in [9.17, 15) is 0 Å². The maximum atomic E-state index is 5.89. The second-order valence-corrected chi connectivity index (χ2v) is 6.72. The van der Waals surface area contributed by atoms with E-state index in [-0.39, 0.29) is 24.0 Å². The highest BCUT2D eigenvalue weighted by Crippen LogP contribution is 2.20. The lowest BCUT2D eigenvalue weighted by atomic mass is 10.1. The van der Waals surface area contributed by atoms with Crippen LogP contribution in [0, 0.1) is 0 Å². The normalized spacial score (nSPS) is 20.0. The van der Waals surface area contributed by atoms with Crippen LogP contribution >= 0.6 is 24.0 Å². The molecule has 5 nitrogen and oxygen atoms in total. The van der Waals surface area contributed by atoms with Gasteiger partial charge in [0.05, 0.1) is 6.10 Å². The van der Waals surface area contributed by atoms with Crippen LogP contribution in [-0.2, 0) is 4.74 Å². The van der Waals surface area contributed by atoms with Gasteiger partial charge in [-0.05, 0) is 52.1 Å². The fourth-order valence-corrected chi connectivity index (χ4v) is 3.42. The van der Waals surface area contributed by atoms with E-state index in [0.29, 0.717) is 6.10 Å². The molecule has 0 aromatic heterocycles. The molecule has 0 bridgehead atoms. The summed E-state index contributed by atoms with van der Waals surface area (Å²) in [7, 11) is 0. The third-order valence-corrected chi connectivity index (χ3v) is 4.74. The largest absolute Gasteiger partial charge is 0.378 e. The van der Waals surface area contributed by atoms with Crippen LogP contribution in [0.3, 0.4) is 0 Å². The summed E-state index contributed by atoms with van der Waals surface area (Å²) in [5.74, 6) is 0.949.